The molecule has 0 nitrogen and oxygen atoms in total. The summed E-state index contributed by atoms with van der Waals surface area (Å²) in [6.45, 7) is 4.41. The zero-order valence-electron chi connectivity index (χ0n) is 6.03. The van der Waals surface area contributed by atoms with E-state index in [2.05, 4.69) is 45.7 Å². The summed E-state index contributed by atoms with van der Waals surface area (Å²) in [6.07, 6.45) is 3.73. The van der Waals surface area contributed by atoms with Gasteiger partial charge in [0, 0.05) is 9.65 Å². The van der Waals surface area contributed by atoms with Gasteiger partial charge in [0.2, 0.25) is 0 Å². The fourth-order valence-corrected chi connectivity index (χ4v) is 1.81. The van der Waals surface area contributed by atoms with Crippen LogP contribution in [0.3, 0.4) is 0 Å². The van der Waals surface area contributed by atoms with Crippen molar-refractivity contribution >= 4 is 31.9 Å². The highest BCUT2D eigenvalue weighted by atomic mass is 79.9. The second-order valence-corrected chi connectivity index (χ2v) is 4.58. The van der Waals surface area contributed by atoms with Gasteiger partial charge in [0.25, 0.3) is 0 Å². The lowest BCUT2D eigenvalue weighted by atomic mass is 10.2. The monoisotopic (exact) mass is 256 g/mol. The fraction of sp³-hybridized carbons (Fsp3) is 1.00. The summed E-state index contributed by atoms with van der Waals surface area (Å²) in [7, 11) is 0. The molecule has 2 atom stereocenters. The van der Waals surface area contributed by atoms with E-state index in [1.165, 1.54) is 19.3 Å². The molecule has 0 aliphatic rings. The Kier molecular flexibility index (Phi) is 6.33. The minimum absolute atomic E-state index is 0.650. The van der Waals surface area contributed by atoms with Crippen LogP contribution in [-0.2, 0) is 0 Å². The van der Waals surface area contributed by atoms with Crippen molar-refractivity contribution in [2.24, 2.45) is 0 Å². The van der Waals surface area contributed by atoms with E-state index in [0.717, 1.165) is 0 Å². The van der Waals surface area contributed by atoms with Crippen molar-refractivity contribution in [3.05, 3.63) is 0 Å². The molecule has 56 valence electrons. The van der Waals surface area contributed by atoms with Gasteiger partial charge in [-0.2, -0.15) is 0 Å². The third kappa shape index (κ3) is 4.38. The summed E-state index contributed by atoms with van der Waals surface area (Å²) in [5.41, 5.74) is 0. The molecule has 0 aromatic carbocycles. The molecule has 0 saturated carbocycles. The molecular formula is C7H14Br2. The minimum atomic E-state index is 0.650. The molecule has 0 saturated heterocycles. The zero-order chi connectivity index (χ0) is 7.28. The van der Waals surface area contributed by atoms with Crippen LogP contribution in [0.4, 0.5) is 0 Å². The van der Waals surface area contributed by atoms with Crippen molar-refractivity contribution in [2.75, 3.05) is 0 Å². The molecule has 9 heavy (non-hydrogen) atoms. The van der Waals surface area contributed by atoms with Crippen LogP contribution in [0.15, 0.2) is 0 Å². The lowest BCUT2D eigenvalue weighted by molar-refractivity contribution is 0.703. The predicted molar refractivity (Wildman–Crippen MR) is 50.6 cm³/mol. The summed E-state index contributed by atoms with van der Waals surface area (Å²) < 4.78 is 0. The normalized spacial score (nSPS) is 17.3. The third-order valence-electron chi connectivity index (χ3n) is 1.35. The van der Waals surface area contributed by atoms with Crippen LogP contribution < -0.4 is 0 Å². The standard InChI is InChI=1S/C7H14Br2/c1-3-5-7(9)6(8)4-2/h6-7H,3-5H2,1-2H3/t6-,7-/m1/s1. The highest BCUT2D eigenvalue weighted by molar-refractivity contribution is 9.12. The van der Waals surface area contributed by atoms with Crippen molar-refractivity contribution < 1.29 is 0 Å². The number of alkyl halides is 2. The van der Waals surface area contributed by atoms with Crippen LogP contribution in [0, 0.1) is 0 Å². The van der Waals surface area contributed by atoms with Crippen molar-refractivity contribution in [3.63, 3.8) is 0 Å². The first-order valence-electron chi connectivity index (χ1n) is 3.50. The van der Waals surface area contributed by atoms with Crippen LogP contribution in [0.2, 0.25) is 0 Å². The Labute approximate surface area is 74.7 Å². The van der Waals surface area contributed by atoms with Gasteiger partial charge in [-0.1, -0.05) is 52.1 Å². The van der Waals surface area contributed by atoms with Gasteiger partial charge < -0.3 is 0 Å². The Balaban J connectivity index is 3.32. The average Bonchev–Trinajstić information content (AvgIpc) is 1.87. The summed E-state index contributed by atoms with van der Waals surface area (Å²) >= 11 is 7.21. The topological polar surface area (TPSA) is 0 Å². The first-order chi connectivity index (χ1) is 4.22. The highest BCUT2D eigenvalue weighted by Gasteiger charge is 2.11. The first-order valence-corrected chi connectivity index (χ1v) is 5.33. The molecule has 0 rings (SSSR count). The van der Waals surface area contributed by atoms with Gasteiger partial charge in [-0.25, -0.2) is 0 Å². The SMILES string of the molecule is CCC[C@@H](Br)[C@H](Br)CC. The molecule has 0 unspecified atom stereocenters. The lowest BCUT2D eigenvalue weighted by Gasteiger charge is -2.12. The summed E-state index contributed by atoms with van der Waals surface area (Å²) in [6, 6.07) is 0. The predicted octanol–water partition coefficient (Wildman–Crippen LogP) is 3.72. The number of halogens is 2. The minimum Gasteiger partial charge on any atom is -0.0879 e. The summed E-state index contributed by atoms with van der Waals surface area (Å²) in [5, 5.41) is 0. The Bertz CT molecular complexity index is 63.9. The summed E-state index contributed by atoms with van der Waals surface area (Å²) in [5.74, 6) is 0. The molecule has 2 heteroatoms. The molecular weight excluding hydrogens is 244 g/mol. The number of rotatable bonds is 4. The third-order valence-corrected chi connectivity index (χ3v) is 4.44. The van der Waals surface area contributed by atoms with Gasteiger partial charge in [-0.3, -0.25) is 0 Å². The van der Waals surface area contributed by atoms with Crippen molar-refractivity contribution in [3.8, 4) is 0 Å². The van der Waals surface area contributed by atoms with Gasteiger partial charge in [0.15, 0.2) is 0 Å². The van der Waals surface area contributed by atoms with E-state index in [-0.39, 0.29) is 0 Å². The number of hydrogen-bond acceptors (Lipinski definition) is 0. The van der Waals surface area contributed by atoms with Crippen LogP contribution >= 0.6 is 31.9 Å². The molecule has 0 N–H and O–H groups in total. The van der Waals surface area contributed by atoms with Crippen LogP contribution in [-0.4, -0.2) is 9.65 Å². The molecule has 0 aliphatic carbocycles. The molecule has 0 fully saturated rings. The highest BCUT2D eigenvalue weighted by Crippen LogP contribution is 2.21. The van der Waals surface area contributed by atoms with E-state index in [0.29, 0.717) is 9.65 Å². The Morgan fingerprint density at radius 2 is 1.67 bits per heavy atom. The molecule has 0 heterocycles. The zero-order valence-corrected chi connectivity index (χ0v) is 9.20. The molecule has 0 aromatic heterocycles. The Morgan fingerprint density at radius 1 is 1.11 bits per heavy atom. The number of hydrogen-bond donors (Lipinski definition) is 0. The average molecular weight is 258 g/mol. The summed E-state index contributed by atoms with van der Waals surface area (Å²) in [4.78, 5) is 1.31. The van der Waals surface area contributed by atoms with Crippen molar-refractivity contribution in [2.45, 2.75) is 42.8 Å². The van der Waals surface area contributed by atoms with Gasteiger partial charge in [0.1, 0.15) is 0 Å². The quantitative estimate of drug-likeness (QED) is 0.674. The second kappa shape index (κ2) is 5.72. The maximum Gasteiger partial charge on any atom is 0.0270 e. The van der Waals surface area contributed by atoms with E-state index < -0.39 is 0 Å². The Hall–Kier alpha value is 0.960. The molecule has 0 aliphatic heterocycles. The molecule has 0 aromatic rings. The van der Waals surface area contributed by atoms with Crippen LogP contribution in [0.1, 0.15) is 33.1 Å². The second-order valence-electron chi connectivity index (χ2n) is 2.23. The van der Waals surface area contributed by atoms with E-state index in [9.17, 15) is 0 Å². The van der Waals surface area contributed by atoms with Crippen molar-refractivity contribution in [1.29, 1.82) is 0 Å². The molecule has 0 radical (unpaired) electrons. The van der Waals surface area contributed by atoms with Crippen LogP contribution in [0.25, 0.3) is 0 Å². The lowest BCUT2D eigenvalue weighted by Crippen LogP contribution is -2.11. The van der Waals surface area contributed by atoms with E-state index in [1.54, 1.807) is 0 Å². The largest absolute Gasteiger partial charge is 0.0879 e. The van der Waals surface area contributed by atoms with E-state index in [4.69, 9.17) is 0 Å². The molecule has 0 spiro atoms. The Morgan fingerprint density at radius 3 is 2.00 bits per heavy atom. The molecule has 0 bridgehead atoms. The maximum atomic E-state index is 3.62. The smallest absolute Gasteiger partial charge is 0.0270 e. The van der Waals surface area contributed by atoms with Gasteiger partial charge in [-0.15, -0.1) is 0 Å². The van der Waals surface area contributed by atoms with Crippen LogP contribution in [0.5, 0.6) is 0 Å². The molecule has 0 amide bonds. The van der Waals surface area contributed by atoms with Gasteiger partial charge in [0.05, 0.1) is 0 Å². The van der Waals surface area contributed by atoms with Gasteiger partial charge >= 0.3 is 0 Å². The van der Waals surface area contributed by atoms with Crippen molar-refractivity contribution in [1.82, 2.24) is 0 Å². The first kappa shape index (κ1) is 9.96. The van der Waals surface area contributed by atoms with E-state index in [1.807, 2.05) is 0 Å². The fourth-order valence-electron chi connectivity index (χ4n) is 0.712. The maximum absolute atomic E-state index is 3.62. The van der Waals surface area contributed by atoms with Gasteiger partial charge in [-0.05, 0) is 12.8 Å². The van der Waals surface area contributed by atoms with E-state index >= 15 is 0 Å².